The van der Waals surface area contributed by atoms with Gasteiger partial charge in [0.1, 0.15) is 6.54 Å². The second-order valence-electron chi connectivity index (χ2n) is 13.4. The zero-order valence-corrected chi connectivity index (χ0v) is 30.4. The van der Waals surface area contributed by atoms with Crippen molar-refractivity contribution in [3.8, 4) is 17.6 Å². The van der Waals surface area contributed by atoms with E-state index in [1.165, 1.54) is 23.5 Å². The number of carbonyl (C=O) groups is 1. The maximum Gasteiger partial charge on any atom is 0.355 e. The summed E-state index contributed by atoms with van der Waals surface area (Å²) in [5, 5.41) is 23.6. The predicted octanol–water partition coefficient (Wildman–Crippen LogP) is 7.76. The number of nitrogens with one attached hydrogen (secondary N) is 1. The Morgan fingerprint density at radius 3 is 2.71 bits per heavy atom. The average molecular weight is 749 g/mol. The molecule has 0 radical (unpaired) electrons. The Labute approximate surface area is 306 Å². The number of benzene rings is 2. The fourth-order valence-electron chi connectivity index (χ4n) is 6.41. The Morgan fingerprint density at radius 1 is 1.13 bits per heavy atom. The standard InChI is InChI=1S/C37H36F3N7O3S2/c1-23-25-9-5-17-46(33(25)45-44-32(23)43-35-41-27-10-3-4-11-29(27)51-35)36-42-31(34(48)49)30(52-36)12-7-21-50-28-14-13-24(22-26(28)38)8-6-18-47(2)19-15-37(39,40)16-20-47/h3-4,10-11,13-14,22H,5,7,9,12,15-21H2,1-2H3,(H-,41,43,44,48,49)/p+1. The molecule has 0 aliphatic carbocycles. The maximum atomic E-state index is 14.9. The number of piperidine rings is 1. The van der Waals surface area contributed by atoms with E-state index in [9.17, 15) is 23.1 Å². The molecule has 7 rings (SSSR count). The number of aryl methyl sites for hydroxylation is 1. The quantitative estimate of drug-likeness (QED) is 0.0841. The molecule has 0 spiro atoms. The number of hydrogen-bond acceptors (Lipinski definition) is 10. The van der Waals surface area contributed by atoms with Crippen molar-refractivity contribution in [2.75, 3.05) is 50.1 Å². The van der Waals surface area contributed by atoms with Crippen LogP contribution in [0.5, 0.6) is 5.75 Å². The van der Waals surface area contributed by atoms with E-state index in [1.807, 2.05) is 43.1 Å². The molecule has 270 valence electrons. The number of aromatic carboxylic acids is 1. The van der Waals surface area contributed by atoms with Crippen molar-refractivity contribution in [1.29, 1.82) is 0 Å². The number of fused-ring (bicyclic) bond motifs is 2. The number of para-hydroxylation sites is 1. The van der Waals surface area contributed by atoms with Crippen LogP contribution >= 0.6 is 22.7 Å². The summed E-state index contributed by atoms with van der Waals surface area (Å²) < 4.78 is 49.2. The van der Waals surface area contributed by atoms with Crippen LogP contribution in [-0.4, -0.2) is 81.5 Å². The van der Waals surface area contributed by atoms with Crippen LogP contribution in [0.3, 0.4) is 0 Å². The van der Waals surface area contributed by atoms with E-state index >= 15 is 0 Å². The molecule has 0 atom stereocenters. The van der Waals surface area contributed by atoms with Crippen LogP contribution in [-0.2, 0) is 12.8 Å². The largest absolute Gasteiger partial charge is 0.491 e. The topological polar surface area (TPSA) is 113 Å². The monoisotopic (exact) mass is 748 g/mol. The van der Waals surface area contributed by atoms with E-state index in [4.69, 9.17) is 4.74 Å². The van der Waals surface area contributed by atoms with Gasteiger partial charge in [-0.15, -0.1) is 21.5 Å². The summed E-state index contributed by atoms with van der Waals surface area (Å²) in [5.41, 5.74) is 3.34. The van der Waals surface area contributed by atoms with Gasteiger partial charge in [-0.2, -0.15) is 0 Å². The van der Waals surface area contributed by atoms with Crippen LogP contribution in [0.4, 0.5) is 35.1 Å². The molecular formula is C37H37F3N7O3S2+. The van der Waals surface area contributed by atoms with Crippen molar-refractivity contribution < 1.29 is 32.3 Å². The molecule has 2 N–H and O–H groups in total. The third kappa shape index (κ3) is 7.84. The predicted molar refractivity (Wildman–Crippen MR) is 196 cm³/mol. The van der Waals surface area contributed by atoms with E-state index in [0.717, 1.165) is 39.3 Å². The van der Waals surface area contributed by atoms with Crippen molar-refractivity contribution in [1.82, 2.24) is 20.2 Å². The van der Waals surface area contributed by atoms with E-state index in [-0.39, 0.29) is 30.9 Å². The molecule has 52 heavy (non-hydrogen) atoms. The van der Waals surface area contributed by atoms with Gasteiger partial charge in [-0.25, -0.2) is 27.9 Å². The maximum absolute atomic E-state index is 14.9. The highest BCUT2D eigenvalue weighted by Gasteiger charge is 2.40. The summed E-state index contributed by atoms with van der Waals surface area (Å²) in [6.07, 6.45) is 2.15. The number of quaternary nitrogens is 1. The van der Waals surface area contributed by atoms with E-state index in [0.29, 0.717) is 70.7 Å². The number of carboxylic acids is 1. The van der Waals surface area contributed by atoms with Gasteiger partial charge >= 0.3 is 5.97 Å². The third-order valence-corrected chi connectivity index (χ3v) is 11.6. The first-order chi connectivity index (χ1) is 25.0. The van der Waals surface area contributed by atoms with E-state index in [2.05, 4.69) is 37.3 Å². The zero-order valence-electron chi connectivity index (χ0n) is 28.7. The number of halogens is 3. The smallest absolute Gasteiger partial charge is 0.355 e. The summed E-state index contributed by atoms with van der Waals surface area (Å²) in [7, 11) is 1.91. The van der Waals surface area contributed by atoms with Gasteiger partial charge in [0.15, 0.2) is 39.2 Å². The SMILES string of the molecule is Cc1c(Nc2nc3ccccc3s2)nnc2c1CCCN2c1nc(C(=O)O)c(CCCOc2ccc(C#CC[N+]3(C)CCC(F)(F)CC3)cc2F)s1. The molecule has 0 unspecified atom stereocenters. The summed E-state index contributed by atoms with van der Waals surface area (Å²) in [6.45, 7) is 3.90. The number of rotatable bonds is 10. The second-order valence-corrected chi connectivity index (χ2v) is 15.5. The number of nitrogens with zero attached hydrogens (tertiary/aromatic N) is 6. The van der Waals surface area contributed by atoms with E-state index in [1.54, 1.807) is 17.4 Å². The van der Waals surface area contributed by atoms with Gasteiger partial charge in [-0.3, -0.25) is 0 Å². The first-order valence-electron chi connectivity index (χ1n) is 17.1. The van der Waals surface area contributed by atoms with Crippen molar-refractivity contribution in [3.05, 3.63) is 75.5 Å². The molecule has 10 nitrogen and oxygen atoms in total. The lowest BCUT2D eigenvalue weighted by molar-refractivity contribution is -0.910. The van der Waals surface area contributed by atoms with Gasteiger partial charge in [0.25, 0.3) is 5.92 Å². The van der Waals surface area contributed by atoms with Crippen LogP contribution in [0, 0.1) is 24.6 Å². The number of aromatic nitrogens is 4. The van der Waals surface area contributed by atoms with Crippen LogP contribution in [0.15, 0.2) is 42.5 Å². The molecule has 5 heterocycles. The van der Waals surface area contributed by atoms with Crippen LogP contribution in [0.2, 0.25) is 0 Å². The summed E-state index contributed by atoms with van der Waals surface area (Å²) in [6, 6.07) is 12.4. The van der Waals surface area contributed by atoms with Crippen LogP contribution in [0.25, 0.3) is 10.2 Å². The average Bonchev–Trinajstić information content (AvgIpc) is 3.74. The first-order valence-corrected chi connectivity index (χ1v) is 18.7. The minimum Gasteiger partial charge on any atom is -0.491 e. The number of anilines is 4. The molecule has 0 saturated carbocycles. The fraction of sp³-hybridized carbons (Fsp3) is 0.378. The lowest BCUT2D eigenvalue weighted by atomic mass is 10.0. The van der Waals surface area contributed by atoms with Gasteiger partial charge < -0.3 is 24.5 Å². The van der Waals surface area contributed by atoms with E-state index < -0.39 is 17.7 Å². The lowest BCUT2D eigenvalue weighted by Gasteiger charge is -2.39. The molecule has 15 heteroatoms. The van der Waals surface area contributed by atoms with Gasteiger partial charge in [0.05, 0.1) is 49.8 Å². The molecule has 3 aromatic heterocycles. The Hall–Kier alpha value is -4.78. The molecule has 1 fully saturated rings. The minimum atomic E-state index is -2.61. The van der Waals surface area contributed by atoms with Gasteiger partial charge in [0.2, 0.25) is 0 Å². The number of likely N-dealkylation sites (tertiary alicyclic amines) is 1. The molecule has 1 saturated heterocycles. The molecule has 2 aliphatic heterocycles. The van der Waals surface area contributed by atoms with Gasteiger partial charge in [-0.05, 0) is 68.9 Å². The Kier molecular flexibility index (Phi) is 10.1. The normalized spacial score (nSPS) is 16.2. The Balaban J connectivity index is 0.973. The van der Waals surface area contributed by atoms with Gasteiger partial charge in [-0.1, -0.05) is 29.4 Å². The Bertz CT molecular complexity index is 2150. The molecular weight excluding hydrogens is 712 g/mol. The third-order valence-electron chi connectivity index (χ3n) is 9.49. The lowest BCUT2D eigenvalue weighted by Crippen LogP contribution is -2.52. The molecule has 5 aromatic rings. The Morgan fingerprint density at radius 2 is 1.94 bits per heavy atom. The highest BCUT2D eigenvalue weighted by atomic mass is 32.1. The first kappa shape index (κ1) is 35.6. The zero-order chi connectivity index (χ0) is 36.5. The highest BCUT2D eigenvalue weighted by molar-refractivity contribution is 7.22. The number of thiazole rings is 2. The van der Waals surface area contributed by atoms with Crippen molar-refractivity contribution in [3.63, 3.8) is 0 Å². The summed E-state index contributed by atoms with van der Waals surface area (Å²) in [4.78, 5) is 23.9. The number of hydrogen-bond donors (Lipinski definition) is 2. The summed E-state index contributed by atoms with van der Waals surface area (Å²) in [5.74, 6) is 3.04. The molecule has 2 aromatic carbocycles. The molecule has 0 bridgehead atoms. The van der Waals surface area contributed by atoms with Gasteiger partial charge in [0, 0.05) is 28.1 Å². The number of ether oxygens (including phenoxy) is 1. The molecule has 0 amide bonds. The van der Waals surface area contributed by atoms with Crippen molar-refractivity contribution in [2.45, 2.75) is 51.4 Å². The highest BCUT2D eigenvalue weighted by Crippen LogP contribution is 2.39. The van der Waals surface area contributed by atoms with Crippen molar-refractivity contribution in [2.24, 2.45) is 0 Å². The van der Waals surface area contributed by atoms with Crippen molar-refractivity contribution >= 4 is 60.8 Å². The minimum absolute atomic E-state index is 0.0190. The number of alkyl halides is 2. The fourth-order valence-corrected chi connectivity index (χ4v) is 8.39. The molecule has 2 aliphatic rings. The second kappa shape index (κ2) is 14.7. The van der Waals surface area contributed by atoms with Crippen LogP contribution < -0.4 is 15.0 Å². The number of carboxylic acid groups (broad SMARTS) is 1. The van der Waals surface area contributed by atoms with Crippen LogP contribution in [0.1, 0.15) is 57.7 Å². The summed E-state index contributed by atoms with van der Waals surface area (Å²) >= 11 is 2.84.